The minimum atomic E-state index is -1.48. The van der Waals surface area contributed by atoms with Gasteiger partial charge in [0.25, 0.3) is 0 Å². The molecule has 5 heterocycles. The van der Waals surface area contributed by atoms with Crippen molar-refractivity contribution in [2.45, 2.75) is 185 Å². The van der Waals surface area contributed by atoms with Gasteiger partial charge in [0.15, 0.2) is 42.5 Å². The van der Waals surface area contributed by atoms with Gasteiger partial charge in [-0.1, -0.05) is 93.9 Å². The maximum Gasteiger partial charge on any atom is 0.338 e. The van der Waals surface area contributed by atoms with Gasteiger partial charge in [-0.05, 0) is 149 Å². The van der Waals surface area contributed by atoms with Crippen molar-refractivity contribution in [3.05, 3.63) is 119 Å². The molecule has 0 radical (unpaired) electrons. The molecule has 76 heavy (non-hydrogen) atoms. The van der Waals surface area contributed by atoms with Crippen LogP contribution in [0.5, 0.6) is 0 Å². The maximum absolute atomic E-state index is 14.2. The standard InChI is InChI=1S/C62H76O14/c1-35-25-30-62(67-33-35)36(2)48-46(75-62)32-45-43-24-23-41-31-42(26-28-60(41,6)44(43)27-29-61(45,48)7)69-57-52(50-47(34-66-57)74-59(4,5)76-50)73-58-53(72-56(65)40-21-15-10-16-22-40)51(71-55(64)39-19-13-9-14-20-39)49(37(3)68-58)70-54(63)38-17-11-8-12-18-38/h8-23,35-37,42-53,57-58H,24-34H2,1-7H3/t35-,36+,37+,42+,43-,44+,45+,46+,47+,48+,49+,50+,51-,52-,53-,57+,58+,60+,61+,62-/m1/s1. The van der Waals surface area contributed by atoms with Crippen LogP contribution in [0.1, 0.15) is 137 Å². The van der Waals surface area contributed by atoms with Crippen LogP contribution in [-0.4, -0.2) is 110 Å². The Morgan fingerprint density at radius 1 is 0.605 bits per heavy atom. The molecule has 12 rings (SSSR count). The fourth-order valence-electron chi connectivity index (χ4n) is 15.9. The molecule has 0 unspecified atom stereocenters. The summed E-state index contributed by atoms with van der Waals surface area (Å²) in [6, 6.07) is 25.4. The van der Waals surface area contributed by atoms with E-state index in [1.807, 2.05) is 13.8 Å². The maximum atomic E-state index is 14.2. The third-order valence-electron chi connectivity index (χ3n) is 19.7. The van der Waals surface area contributed by atoms with E-state index in [-0.39, 0.29) is 46.3 Å². The second-order valence-electron chi connectivity index (χ2n) is 24.6. The Labute approximate surface area is 447 Å². The van der Waals surface area contributed by atoms with Gasteiger partial charge in [0, 0.05) is 12.3 Å². The van der Waals surface area contributed by atoms with Crippen molar-refractivity contribution in [1.82, 2.24) is 0 Å². The predicted molar refractivity (Wildman–Crippen MR) is 276 cm³/mol. The van der Waals surface area contributed by atoms with Crippen LogP contribution in [0.2, 0.25) is 0 Å². The van der Waals surface area contributed by atoms with Crippen LogP contribution < -0.4 is 0 Å². The smallest absolute Gasteiger partial charge is 0.338 e. The number of fused-ring (bicyclic) bond motifs is 8. The van der Waals surface area contributed by atoms with E-state index in [1.165, 1.54) is 24.8 Å². The largest absolute Gasteiger partial charge is 0.452 e. The van der Waals surface area contributed by atoms with Gasteiger partial charge in [-0.2, -0.15) is 0 Å². The van der Waals surface area contributed by atoms with Crippen molar-refractivity contribution in [3.8, 4) is 0 Å². The van der Waals surface area contributed by atoms with Crippen molar-refractivity contribution >= 4 is 17.9 Å². The Balaban J connectivity index is 0.808. The third kappa shape index (κ3) is 9.37. The molecule has 3 saturated carbocycles. The van der Waals surface area contributed by atoms with Gasteiger partial charge in [-0.3, -0.25) is 0 Å². The lowest BCUT2D eigenvalue weighted by Gasteiger charge is -2.58. The van der Waals surface area contributed by atoms with Gasteiger partial charge in [-0.25, -0.2) is 14.4 Å². The van der Waals surface area contributed by atoms with Crippen LogP contribution in [0.3, 0.4) is 0 Å². The Morgan fingerprint density at radius 3 is 1.87 bits per heavy atom. The predicted octanol–water partition coefficient (Wildman–Crippen LogP) is 10.4. The summed E-state index contributed by atoms with van der Waals surface area (Å²) in [6.45, 7) is 16.2. The van der Waals surface area contributed by atoms with Crippen molar-refractivity contribution in [3.63, 3.8) is 0 Å². The highest BCUT2D eigenvalue weighted by atomic mass is 16.8. The van der Waals surface area contributed by atoms with Gasteiger partial charge < -0.3 is 52.1 Å². The first kappa shape index (κ1) is 52.2. The average molecular weight is 1050 g/mol. The summed E-state index contributed by atoms with van der Waals surface area (Å²) in [5.41, 5.74) is 2.50. The molecule has 8 fully saturated rings. The first-order chi connectivity index (χ1) is 36.5. The van der Waals surface area contributed by atoms with Gasteiger partial charge in [-0.15, -0.1) is 0 Å². The summed E-state index contributed by atoms with van der Waals surface area (Å²) in [7, 11) is 0. The van der Waals surface area contributed by atoms with E-state index in [9.17, 15) is 14.4 Å². The molecule has 0 N–H and O–H groups in total. The zero-order valence-electron chi connectivity index (χ0n) is 45.0. The number of rotatable bonds is 10. The fourth-order valence-corrected chi connectivity index (χ4v) is 15.9. The molecule has 9 aliphatic rings. The number of benzene rings is 3. The molecule has 4 aliphatic carbocycles. The summed E-state index contributed by atoms with van der Waals surface area (Å²) < 4.78 is 73.0. The Morgan fingerprint density at radius 2 is 1.24 bits per heavy atom. The zero-order chi connectivity index (χ0) is 52.7. The van der Waals surface area contributed by atoms with Crippen LogP contribution in [0.15, 0.2) is 103 Å². The van der Waals surface area contributed by atoms with Crippen LogP contribution in [0, 0.1) is 46.3 Å². The number of ether oxygens (including phenoxy) is 11. The molecule has 5 saturated heterocycles. The lowest BCUT2D eigenvalue weighted by molar-refractivity contribution is -0.350. The second-order valence-corrected chi connectivity index (χ2v) is 24.6. The lowest BCUT2D eigenvalue weighted by atomic mass is 9.47. The molecule has 0 bridgehead atoms. The van der Waals surface area contributed by atoms with E-state index in [4.69, 9.17) is 52.1 Å². The van der Waals surface area contributed by atoms with Crippen LogP contribution >= 0.6 is 0 Å². The highest BCUT2D eigenvalue weighted by Gasteiger charge is 2.69. The molecule has 5 aliphatic heterocycles. The summed E-state index contributed by atoms with van der Waals surface area (Å²) in [5, 5.41) is 0. The number of carbonyl (C=O) groups is 3. The Hall–Kier alpha value is -4.51. The van der Waals surface area contributed by atoms with E-state index < -0.39 is 84.8 Å². The summed E-state index contributed by atoms with van der Waals surface area (Å²) in [6.07, 6.45) is 2.28. The molecule has 0 amide bonds. The van der Waals surface area contributed by atoms with Crippen molar-refractivity contribution in [2.75, 3.05) is 13.2 Å². The molecule has 3 aromatic carbocycles. The topological polar surface area (TPSA) is 153 Å². The molecule has 3 aromatic rings. The number of carbonyl (C=O) groups excluding carboxylic acids is 3. The molecular weight excluding hydrogens is 969 g/mol. The van der Waals surface area contributed by atoms with Crippen LogP contribution in [-0.2, 0) is 52.1 Å². The lowest BCUT2D eigenvalue weighted by Crippen LogP contribution is -2.64. The van der Waals surface area contributed by atoms with E-state index in [0.717, 1.165) is 45.1 Å². The van der Waals surface area contributed by atoms with Crippen molar-refractivity contribution < 1.29 is 66.5 Å². The normalized spacial score (nSPS) is 43.0. The highest BCUT2D eigenvalue weighted by Crippen LogP contribution is 2.71. The number of hydrogen-bond acceptors (Lipinski definition) is 14. The zero-order valence-corrected chi connectivity index (χ0v) is 45.0. The highest BCUT2D eigenvalue weighted by molar-refractivity contribution is 5.91. The number of esters is 3. The molecule has 1 spiro atoms. The minimum Gasteiger partial charge on any atom is -0.452 e. The molecule has 408 valence electrons. The average Bonchev–Trinajstić information content (AvgIpc) is 4.21. The number of hydrogen-bond donors (Lipinski definition) is 0. The van der Waals surface area contributed by atoms with E-state index in [1.54, 1.807) is 97.9 Å². The quantitative estimate of drug-likeness (QED) is 0.108. The summed E-state index contributed by atoms with van der Waals surface area (Å²) in [5.74, 6) is -0.263. The molecule has 20 atom stereocenters. The second kappa shape index (κ2) is 20.3. The molecule has 14 heteroatoms. The van der Waals surface area contributed by atoms with E-state index in [0.29, 0.717) is 35.5 Å². The Kier molecular flexibility index (Phi) is 13.9. The van der Waals surface area contributed by atoms with Gasteiger partial charge >= 0.3 is 17.9 Å². The monoisotopic (exact) mass is 1040 g/mol. The van der Waals surface area contributed by atoms with Crippen molar-refractivity contribution in [1.29, 1.82) is 0 Å². The fraction of sp³-hybridized carbons (Fsp3) is 0.629. The first-order valence-corrected chi connectivity index (χ1v) is 28.3. The van der Waals surface area contributed by atoms with Gasteiger partial charge in [0.1, 0.15) is 18.3 Å². The third-order valence-corrected chi connectivity index (χ3v) is 19.7. The van der Waals surface area contributed by atoms with Crippen LogP contribution in [0.25, 0.3) is 0 Å². The SMILES string of the molecule is C[C@@H]1CC[C@@]2(OC1)O[C@H]1C[C@H]3[C@@H]4CC=C5C[C@@H](O[C@@H]6OC[C@@H]7OC(C)(C)O[C@@H]7[C@H]6O[C@@H]6O[C@@H](C)[C@H](OC(=O)c7ccccc7)[C@@H](OC(=O)c7ccccc7)[C@H]6OC(=O)c6ccccc6)CC[C@]5(C)[C@H]4CC[C@]3(C)[C@H]1[C@@H]2C. The van der Waals surface area contributed by atoms with Gasteiger partial charge in [0.05, 0.1) is 48.2 Å². The van der Waals surface area contributed by atoms with E-state index >= 15 is 0 Å². The summed E-state index contributed by atoms with van der Waals surface area (Å²) >= 11 is 0. The first-order valence-electron chi connectivity index (χ1n) is 28.3. The van der Waals surface area contributed by atoms with Gasteiger partial charge in [0.2, 0.25) is 0 Å². The minimum absolute atomic E-state index is 0.0492. The molecular formula is C62H76O14. The van der Waals surface area contributed by atoms with Crippen molar-refractivity contribution in [2.24, 2.45) is 46.3 Å². The summed E-state index contributed by atoms with van der Waals surface area (Å²) in [4.78, 5) is 42.2. The Bertz CT molecular complexity index is 2620. The number of allylic oxidation sites excluding steroid dienone is 1. The molecule has 0 aromatic heterocycles. The van der Waals surface area contributed by atoms with E-state index in [2.05, 4.69) is 33.8 Å². The van der Waals surface area contributed by atoms with Crippen LogP contribution in [0.4, 0.5) is 0 Å². The molecule has 14 nitrogen and oxygen atoms in total.